The average Bonchev–Trinajstić information content (AvgIpc) is 3.10. The number of fused-ring (bicyclic) bond motifs is 1. The first kappa shape index (κ1) is 21.3. The molecular weight excluding hydrogens is 459 g/mol. The van der Waals surface area contributed by atoms with Crippen molar-refractivity contribution in [1.29, 1.82) is 0 Å². The first-order chi connectivity index (χ1) is 12.7. The Morgan fingerprint density at radius 2 is 1.96 bits per heavy atom. The minimum Gasteiger partial charge on any atom is -0.486 e. The van der Waals surface area contributed by atoms with Crippen molar-refractivity contribution in [2.45, 2.75) is 39.3 Å². The van der Waals surface area contributed by atoms with Gasteiger partial charge in [0.25, 0.3) is 0 Å². The number of para-hydroxylation sites is 2. The molecule has 1 aliphatic rings. The van der Waals surface area contributed by atoms with Crippen LogP contribution in [0.15, 0.2) is 33.8 Å². The number of nitrogens with one attached hydrogen (secondary N) is 2. The average molecular weight is 486 g/mol. The number of hydrogen-bond donors (Lipinski definition) is 2. The van der Waals surface area contributed by atoms with Crippen molar-refractivity contribution in [1.82, 2.24) is 15.8 Å². The predicted octanol–water partition coefficient (Wildman–Crippen LogP) is 2.92. The van der Waals surface area contributed by atoms with Crippen LogP contribution in [0, 0.1) is 0 Å². The Balaban J connectivity index is 0.00000261. The molecule has 1 unspecified atom stereocenters. The third-order valence-electron chi connectivity index (χ3n) is 4.33. The number of ether oxygens (including phenoxy) is 2. The molecule has 8 heteroatoms. The monoisotopic (exact) mass is 486 g/mol. The van der Waals surface area contributed by atoms with E-state index in [2.05, 4.69) is 34.6 Å². The van der Waals surface area contributed by atoms with Crippen LogP contribution in [0.25, 0.3) is 0 Å². The fourth-order valence-corrected chi connectivity index (χ4v) is 2.90. The summed E-state index contributed by atoms with van der Waals surface area (Å²) in [6.07, 6.45) is 1.60. The van der Waals surface area contributed by atoms with E-state index in [1.807, 2.05) is 24.3 Å². The molecule has 3 rings (SSSR count). The van der Waals surface area contributed by atoms with Crippen molar-refractivity contribution in [2.24, 2.45) is 4.99 Å². The second kappa shape index (κ2) is 10.4. The molecule has 2 N–H and O–H groups in total. The number of rotatable bonds is 6. The third-order valence-corrected chi connectivity index (χ3v) is 4.33. The molecule has 0 saturated heterocycles. The molecule has 0 spiro atoms. The lowest BCUT2D eigenvalue weighted by molar-refractivity contribution is 0.0936. The second-order valence-corrected chi connectivity index (χ2v) is 6.04. The molecule has 1 atom stereocenters. The van der Waals surface area contributed by atoms with Gasteiger partial charge in [0, 0.05) is 25.6 Å². The van der Waals surface area contributed by atoms with Gasteiger partial charge >= 0.3 is 0 Å². The van der Waals surface area contributed by atoms with E-state index >= 15 is 0 Å². The summed E-state index contributed by atoms with van der Waals surface area (Å²) < 4.78 is 17.1. The molecule has 1 aliphatic heterocycles. The number of benzene rings is 1. The number of nitrogens with zero attached hydrogens (tertiary/aromatic N) is 2. The van der Waals surface area contributed by atoms with Crippen molar-refractivity contribution in [2.75, 3.05) is 20.2 Å². The van der Waals surface area contributed by atoms with Crippen molar-refractivity contribution in [3.05, 3.63) is 41.3 Å². The highest BCUT2D eigenvalue weighted by molar-refractivity contribution is 14.0. The van der Waals surface area contributed by atoms with E-state index < -0.39 is 0 Å². The molecule has 7 nitrogen and oxygen atoms in total. The minimum absolute atomic E-state index is 0. The molecule has 1 aromatic carbocycles. The molecule has 0 bridgehead atoms. The molecule has 2 aromatic rings. The number of guanidine groups is 1. The molecule has 1 aromatic heterocycles. The number of aromatic nitrogens is 1. The summed E-state index contributed by atoms with van der Waals surface area (Å²) >= 11 is 0. The Morgan fingerprint density at radius 3 is 2.67 bits per heavy atom. The highest BCUT2D eigenvalue weighted by Gasteiger charge is 2.21. The van der Waals surface area contributed by atoms with Crippen molar-refractivity contribution in [3.63, 3.8) is 0 Å². The lowest BCUT2D eigenvalue weighted by Gasteiger charge is -2.27. The summed E-state index contributed by atoms with van der Waals surface area (Å²) in [5, 5.41) is 10.8. The topological polar surface area (TPSA) is 80.9 Å². The van der Waals surface area contributed by atoms with E-state index in [4.69, 9.17) is 14.0 Å². The van der Waals surface area contributed by atoms with Gasteiger partial charge in [0.05, 0.1) is 12.2 Å². The van der Waals surface area contributed by atoms with Gasteiger partial charge < -0.3 is 24.6 Å². The molecule has 0 radical (unpaired) electrons. The molecule has 0 saturated carbocycles. The van der Waals surface area contributed by atoms with Gasteiger partial charge in [-0.25, -0.2) is 0 Å². The zero-order chi connectivity index (χ0) is 18.4. The van der Waals surface area contributed by atoms with Crippen LogP contribution in [0.4, 0.5) is 0 Å². The van der Waals surface area contributed by atoms with Crippen LogP contribution in [0.3, 0.4) is 0 Å². The third kappa shape index (κ3) is 5.27. The number of halogens is 1. The second-order valence-electron chi connectivity index (χ2n) is 6.04. The molecular formula is C19H27IN4O3. The van der Waals surface area contributed by atoms with E-state index in [-0.39, 0.29) is 30.1 Å². The Kier molecular flexibility index (Phi) is 8.21. The van der Waals surface area contributed by atoms with Gasteiger partial charge in [-0.1, -0.05) is 31.1 Å². The molecule has 0 amide bonds. The van der Waals surface area contributed by atoms with Crippen LogP contribution in [0.5, 0.6) is 11.5 Å². The van der Waals surface area contributed by atoms with Crippen molar-refractivity contribution >= 4 is 29.9 Å². The van der Waals surface area contributed by atoms with Gasteiger partial charge in [-0.2, -0.15) is 0 Å². The molecule has 0 fully saturated rings. The lowest BCUT2D eigenvalue weighted by atomic mass is 10.1. The predicted molar refractivity (Wildman–Crippen MR) is 115 cm³/mol. The van der Waals surface area contributed by atoms with Gasteiger partial charge in [-0.05, 0) is 18.6 Å². The van der Waals surface area contributed by atoms with Crippen LogP contribution in [0.2, 0.25) is 0 Å². The highest BCUT2D eigenvalue weighted by atomic mass is 127. The maximum absolute atomic E-state index is 5.95. The first-order valence-corrected chi connectivity index (χ1v) is 9.04. The Hall–Kier alpha value is -1.97. The normalized spacial score (nSPS) is 15.8. The SMILES string of the molecule is CCc1noc(CC)c1CNC(=NC)NCC1COc2ccccc2O1.I. The van der Waals surface area contributed by atoms with E-state index in [9.17, 15) is 0 Å². The van der Waals surface area contributed by atoms with Gasteiger partial charge in [0.2, 0.25) is 0 Å². The van der Waals surface area contributed by atoms with Crippen molar-refractivity contribution in [3.8, 4) is 11.5 Å². The fraction of sp³-hybridized carbons (Fsp3) is 0.474. The maximum Gasteiger partial charge on any atom is 0.191 e. The van der Waals surface area contributed by atoms with E-state index in [1.165, 1.54) is 0 Å². The van der Waals surface area contributed by atoms with Crippen LogP contribution < -0.4 is 20.1 Å². The smallest absolute Gasteiger partial charge is 0.191 e. The zero-order valence-electron chi connectivity index (χ0n) is 15.9. The maximum atomic E-state index is 5.95. The van der Waals surface area contributed by atoms with Crippen LogP contribution in [-0.4, -0.2) is 37.4 Å². The van der Waals surface area contributed by atoms with Crippen LogP contribution in [0.1, 0.15) is 30.9 Å². The van der Waals surface area contributed by atoms with Crippen LogP contribution >= 0.6 is 24.0 Å². The zero-order valence-corrected chi connectivity index (χ0v) is 18.3. The Bertz CT molecular complexity index is 742. The molecule has 148 valence electrons. The molecule has 27 heavy (non-hydrogen) atoms. The Morgan fingerprint density at radius 1 is 1.19 bits per heavy atom. The van der Waals surface area contributed by atoms with Crippen molar-refractivity contribution < 1.29 is 14.0 Å². The standard InChI is InChI=1S/C19H26N4O3.HI/c1-4-15-14(16(5-2)26-23-15)11-22-19(20-3)21-10-13-12-24-17-8-6-7-9-18(17)25-13;/h6-9,13H,4-5,10-12H2,1-3H3,(H2,20,21,22);1H. The summed E-state index contributed by atoms with van der Waals surface area (Å²) in [5.74, 6) is 3.19. The largest absolute Gasteiger partial charge is 0.486 e. The summed E-state index contributed by atoms with van der Waals surface area (Å²) in [7, 11) is 1.75. The lowest BCUT2D eigenvalue weighted by Crippen LogP contribution is -2.45. The van der Waals surface area contributed by atoms with E-state index in [1.54, 1.807) is 7.05 Å². The van der Waals surface area contributed by atoms with Gasteiger partial charge in [0.1, 0.15) is 18.5 Å². The fourth-order valence-electron chi connectivity index (χ4n) is 2.90. The summed E-state index contributed by atoms with van der Waals surface area (Å²) in [4.78, 5) is 4.27. The number of aliphatic imine (C=N–C) groups is 1. The quantitative estimate of drug-likeness (QED) is 0.372. The molecule has 2 heterocycles. The molecule has 0 aliphatic carbocycles. The van der Waals surface area contributed by atoms with Gasteiger partial charge in [0.15, 0.2) is 17.5 Å². The highest BCUT2D eigenvalue weighted by Crippen LogP contribution is 2.30. The Labute approximate surface area is 176 Å². The van der Waals surface area contributed by atoms with Gasteiger partial charge in [-0.3, -0.25) is 4.99 Å². The van der Waals surface area contributed by atoms with Crippen LogP contribution in [-0.2, 0) is 19.4 Å². The summed E-state index contributed by atoms with van der Waals surface area (Å²) in [6, 6.07) is 7.70. The van der Waals surface area contributed by atoms with E-state index in [0.29, 0.717) is 25.7 Å². The van der Waals surface area contributed by atoms with E-state index in [0.717, 1.165) is 41.4 Å². The number of aryl methyl sites for hydroxylation is 2. The van der Waals surface area contributed by atoms with Gasteiger partial charge in [-0.15, -0.1) is 24.0 Å². The minimum atomic E-state index is -0.0727. The first-order valence-electron chi connectivity index (χ1n) is 9.04. The number of hydrogen-bond acceptors (Lipinski definition) is 5. The summed E-state index contributed by atoms with van der Waals surface area (Å²) in [5.41, 5.74) is 2.11. The summed E-state index contributed by atoms with van der Waals surface area (Å²) in [6.45, 7) is 5.87.